The van der Waals surface area contributed by atoms with Gasteiger partial charge in [-0.15, -0.1) is 0 Å². The summed E-state index contributed by atoms with van der Waals surface area (Å²) >= 11 is 0. The molecule has 1 aromatic heterocycles. The number of nitrogens with one attached hydrogen (secondary N) is 4. The first-order chi connectivity index (χ1) is 11.1. The maximum absolute atomic E-state index is 11.7. The summed E-state index contributed by atoms with van der Waals surface area (Å²) in [6.45, 7) is 0.888. The summed E-state index contributed by atoms with van der Waals surface area (Å²) in [4.78, 5) is 33.7. The van der Waals surface area contributed by atoms with E-state index in [1.165, 1.54) is 7.11 Å². The van der Waals surface area contributed by atoms with Crippen molar-refractivity contribution in [3.05, 3.63) is 34.6 Å². The Kier molecular flexibility index (Phi) is 5.50. The number of hydrogen-bond donors (Lipinski definition) is 4. The van der Waals surface area contributed by atoms with Gasteiger partial charge in [-0.05, 0) is 12.5 Å². The second-order valence-electron chi connectivity index (χ2n) is 4.60. The Balaban J connectivity index is 1.81. The zero-order chi connectivity index (χ0) is 16.7. The third-order valence-electron chi connectivity index (χ3n) is 3.03. The maximum atomic E-state index is 11.7. The first kappa shape index (κ1) is 16.3. The summed E-state index contributed by atoms with van der Waals surface area (Å²) in [6.07, 6.45) is -0.214. The van der Waals surface area contributed by atoms with Crippen LogP contribution >= 0.6 is 0 Å². The Hall–Kier alpha value is -3.10. The van der Waals surface area contributed by atoms with Crippen LogP contribution in [-0.4, -0.2) is 42.5 Å². The van der Waals surface area contributed by atoms with Crippen molar-refractivity contribution in [1.29, 1.82) is 0 Å². The Bertz CT molecular complexity index is 758. The zero-order valence-corrected chi connectivity index (χ0v) is 12.5. The van der Waals surface area contributed by atoms with Crippen LogP contribution in [0.3, 0.4) is 0 Å². The number of urea groups is 1. The average Bonchev–Trinajstić information content (AvgIpc) is 2.56. The molecule has 0 aliphatic rings. The minimum absolute atomic E-state index is 0.243. The normalized spacial score (nSPS) is 10.1. The van der Waals surface area contributed by atoms with Crippen molar-refractivity contribution >= 4 is 28.7 Å². The predicted molar refractivity (Wildman–Crippen MR) is 84.4 cm³/mol. The van der Waals surface area contributed by atoms with Crippen molar-refractivity contribution in [2.24, 2.45) is 0 Å². The molecule has 0 fully saturated rings. The zero-order valence-electron chi connectivity index (χ0n) is 12.5. The fourth-order valence-electron chi connectivity index (χ4n) is 1.93. The molecule has 0 unspecified atom stereocenters. The van der Waals surface area contributed by atoms with Crippen LogP contribution in [0.5, 0.6) is 0 Å². The van der Waals surface area contributed by atoms with Crippen LogP contribution in [0.15, 0.2) is 29.1 Å². The molecule has 0 radical (unpaired) electrons. The summed E-state index contributed by atoms with van der Waals surface area (Å²) < 4.78 is 4.30. The van der Waals surface area contributed by atoms with E-state index < -0.39 is 12.1 Å². The molecule has 0 aliphatic heterocycles. The summed E-state index contributed by atoms with van der Waals surface area (Å²) in [6, 6.07) is 6.52. The molecule has 9 nitrogen and oxygen atoms in total. The van der Waals surface area contributed by atoms with Crippen LogP contribution in [0.25, 0.3) is 10.8 Å². The Morgan fingerprint density at radius 3 is 2.70 bits per heavy atom. The van der Waals surface area contributed by atoms with Gasteiger partial charge in [-0.1, -0.05) is 18.2 Å². The monoisotopic (exact) mass is 319 g/mol. The van der Waals surface area contributed by atoms with Crippen molar-refractivity contribution < 1.29 is 14.3 Å². The van der Waals surface area contributed by atoms with Gasteiger partial charge in [0, 0.05) is 18.5 Å². The number of rotatable bonds is 5. The highest BCUT2D eigenvalue weighted by molar-refractivity contribution is 5.91. The van der Waals surface area contributed by atoms with E-state index in [1.54, 1.807) is 12.1 Å². The number of carbonyl (C=O) groups is 2. The lowest BCUT2D eigenvalue weighted by Gasteiger charge is -2.09. The molecular weight excluding hydrogens is 302 g/mol. The number of methoxy groups -OCH3 is 1. The highest BCUT2D eigenvalue weighted by Gasteiger charge is 2.06. The lowest BCUT2D eigenvalue weighted by atomic mass is 10.2. The minimum atomic E-state index is -0.815. The lowest BCUT2D eigenvalue weighted by Crippen LogP contribution is -2.40. The van der Waals surface area contributed by atoms with Gasteiger partial charge < -0.3 is 15.4 Å². The first-order valence-corrected chi connectivity index (χ1v) is 6.96. The number of imide groups is 1. The topological polar surface area (TPSA) is 125 Å². The number of carbonyl (C=O) groups excluding carboxylic acids is 2. The molecule has 0 spiro atoms. The molecular formula is C14H17N5O4. The van der Waals surface area contributed by atoms with Crippen molar-refractivity contribution in [3.8, 4) is 0 Å². The molecule has 4 N–H and O–H groups in total. The Labute approximate surface area is 131 Å². The molecule has 23 heavy (non-hydrogen) atoms. The van der Waals surface area contributed by atoms with Gasteiger partial charge in [-0.25, -0.2) is 20.0 Å². The molecule has 1 aromatic carbocycles. The van der Waals surface area contributed by atoms with E-state index >= 15 is 0 Å². The minimum Gasteiger partial charge on any atom is -0.453 e. The summed E-state index contributed by atoms with van der Waals surface area (Å²) in [7, 11) is 1.17. The van der Waals surface area contributed by atoms with E-state index in [4.69, 9.17) is 0 Å². The molecule has 2 aromatic rings. The molecule has 0 saturated heterocycles. The maximum Gasteiger partial charge on any atom is 0.415 e. The summed E-state index contributed by atoms with van der Waals surface area (Å²) in [5, 5.41) is 15.3. The second kappa shape index (κ2) is 7.78. The largest absolute Gasteiger partial charge is 0.453 e. The summed E-state index contributed by atoms with van der Waals surface area (Å²) in [5.74, 6) is 0.569. The number of aromatic amines is 1. The van der Waals surface area contributed by atoms with E-state index in [0.29, 0.717) is 30.7 Å². The van der Waals surface area contributed by atoms with E-state index in [0.717, 1.165) is 5.39 Å². The molecule has 1 heterocycles. The van der Waals surface area contributed by atoms with Crippen LogP contribution < -0.4 is 21.5 Å². The van der Waals surface area contributed by atoms with Gasteiger partial charge in [-0.3, -0.25) is 4.79 Å². The van der Waals surface area contributed by atoms with E-state index in [9.17, 15) is 14.4 Å². The number of benzene rings is 1. The highest BCUT2D eigenvalue weighted by Crippen LogP contribution is 2.16. The number of ether oxygens (including phenoxy) is 1. The van der Waals surface area contributed by atoms with Crippen LogP contribution in [0.4, 0.5) is 15.4 Å². The van der Waals surface area contributed by atoms with Crippen LogP contribution in [0.2, 0.25) is 0 Å². The Morgan fingerprint density at radius 1 is 1.22 bits per heavy atom. The highest BCUT2D eigenvalue weighted by atomic mass is 16.5. The molecule has 9 heteroatoms. The number of anilines is 1. The standard InChI is InChI=1S/C14H17N5O4/c1-23-14(22)17-13(21)16-8-4-7-15-11-9-5-2-3-6-10(9)12(20)19-18-11/h2-3,5-6H,4,7-8H2,1H3,(H,15,18)(H,19,20)(H2,16,17,21,22). The van der Waals surface area contributed by atoms with Gasteiger partial charge in [0.05, 0.1) is 12.5 Å². The number of aromatic nitrogens is 2. The smallest absolute Gasteiger partial charge is 0.415 e. The van der Waals surface area contributed by atoms with E-state index in [1.807, 2.05) is 17.4 Å². The number of alkyl carbamates (subject to hydrolysis) is 1. The van der Waals surface area contributed by atoms with E-state index in [2.05, 4.69) is 25.6 Å². The van der Waals surface area contributed by atoms with Crippen LogP contribution in [0, 0.1) is 0 Å². The first-order valence-electron chi connectivity index (χ1n) is 6.96. The quantitative estimate of drug-likeness (QED) is 0.604. The van der Waals surface area contributed by atoms with Crippen molar-refractivity contribution in [2.45, 2.75) is 6.42 Å². The molecule has 122 valence electrons. The number of hydrogen-bond acceptors (Lipinski definition) is 6. The van der Waals surface area contributed by atoms with Crippen molar-refractivity contribution in [3.63, 3.8) is 0 Å². The van der Waals surface area contributed by atoms with Gasteiger partial charge in [0.2, 0.25) is 0 Å². The van der Waals surface area contributed by atoms with E-state index in [-0.39, 0.29) is 5.56 Å². The predicted octanol–water partition coefficient (Wildman–Crippen LogP) is 0.791. The van der Waals surface area contributed by atoms with Gasteiger partial charge in [0.25, 0.3) is 5.56 Å². The average molecular weight is 319 g/mol. The Morgan fingerprint density at radius 2 is 1.96 bits per heavy atom. The van der Waals surface area contributed by atoms with Gasteiger partial charge in [-0.2, -0.15) is 5.10 Å². The van der Waals surface area contributed by atoms with Crippen LogP contribution in [-0.2, 0) is 4.74 Å². The number of amides is 3. The molecule has 3 amide bonds. The molecule has 0 atom stereocenters. The number of fused-ring (bicyclic) bond motifs is 1. The molecule has 0 saturated carbocycles. The molecule has 0 bridgehead atoms. The number of nitrogens with zero attached hydrogens (tertiary/aromatic N) is 1. The number of H-pyrrole nitrogens is 1. The SMILES string of the molecule is COC(=O)NC(=O)NCCCNc1n[nH]c(=O)c2ccccc12. The fourth-order valence-corrected chi connectivity index (χ4v) is 1.93. The van der Waals surface area contributed by atoms with Gasteiger partial charge in [0.15, 0.2) is 5.82 Å². The fraction of sp³-hybridized carbons (Fsp3) is 0.286. The molecule has 2 rings (SSSR count). The molecule has 0 aliphatic carbocycles. The lowest BCUT2D eigenvalue weighted by molar-refractivity contribution is 0.170. The van der Waals surface area contributed by atoms with Gasteiger partial charge >= 0.3 is 12.1 Å². The second-order valence-corrected chi connectivity index (χ2v) is 4.60. The van der Waals surface area contributed by atoms with Crippen LogP contribution in [0.1, 0.15) is 6.42 Å². The van der Waals surface area contributed by atoms with Gasteiger partial charge in [0.1, 0.15) is 0 Å². The van der Waals surface area contributed by atoms with Crippen molar-refractivity contribution in [1.82, 2.24) is 20.8 Å². The third-order valence-corrected chi connectivity index (χ3v) is 3.03. The summed E-state index contributed by atoms with van der Waals surface area (Å²) in [5.41, 5.74) is -0.243. The third kappa shape index (κ3) is 4.43. The van der Waals surface area contributed by atoms with Crippen molar-refractivity contribution in [2.75, 3.05) is 25.5 Å².